The molecule has 5 heteroatoms. The molecule has 0 aliphatic heterocycles. The number of phenols is 1. The van der Waals surface area contributed by atoms with Crippen molar-refractivity contribution in [2.24, 2.45) is 4.99 Å². The van der Waals surface area contributed by atoms with E-state index < -0.39 is 0 Å². The summed E-state index contributed by atoms with van der Waals surface area (Å²) in [5, 5.41) is 9.26. The number of phenolic OH excluding ortho intramolecular Hbond substituents is 1. The van der Waals surface area contributed by atoms with Crippen molar-refractivity contribution in [3.05, 3.63) is 45.9 Å². The van der Waals surface area contributed by atoms with Gasteiger partial charge in [-0.3, -0.25) is 4.79 Å². The molecule has 0 saturated carbocycles. The van der Waals surface area contributed by atoms with Crippen molar-refractivity contribution in [3.8, 4) is 5.75 Å². The Morgan fingerprint density at radius 3 is 2.47 bits per heavy atom. The van der Waals surface area contributed by atoms with E-state index in [1.54, 1.807) is 18.2 Å². The summed E-state index contributed by atoms with van der Waals surface area (Å²) < 4.78 is 0.472. The molecule has 0 fully saturated rings. The number of ketones is 1. The molecule has 0 atom stereocenters. The molecule has 0 heterocycles. The van der Waals surface area contributed by atoms with Crippen LogP contribution in [0.4, 0.5) is 5.69 Å². The molecule has 0 unspecified atom stereocenters. The maximum atomic E-state index is 11.3. The first-order chi connectivity index (χ1) is 8.08. The molecule has 17 heavy (non-hydrogen) atoms. The Morgan fingerprint density at radius 2 is 1.82 bits per heavy atom. The summed E-state index contributed by atoms with van der Waals surface area (Å²) in [7, 11) is 0. The first-order valence-electron chi connectivity index (χ1n) is 4.73. The molecule has 2 rings (SSSR count). The molecule has 0 saturated heterocycles. The second-order valence-corrected chi connectivity index (χ2v) is 4.51. The second kappa shape index (κ2) is 4.85. The van der Waals surface area contributed by atoms with E-state index >= 15 is 0 Å². The highest BCUT2D eigenvalue weighted by molar-refractivity contribution is 9.12. The van der Waals surface area contributed by atoms with Gasteiger partial charge in [0.25, 0.3) is 0 Å². The Morgan fingerprint density at radius 1 is 1.18 bits per heavy atom. The van der Waals surface area contributed by atoms with Gasteiger partial charge < -0.3 is 5.11 Å². The lowest BCUT2D eigenvalue weighted by atomic mass is 10.1. The number of aromatic hydroxyl groups is 1. The van der Waals surface area contributed by atoms with Crippen molar-refractivity contribution < 1.29 is 9.90 Å². The van der Waals surface area contributed by atoms with Gasteiger partial charge in [-0.05, 0) is 52.3 Å². The van der Waals surface area contributed by atoms with E-state index in [0.717, 1.165) is 0 Å². The number of hydrogen-bond donors (Lipinski definition) is 1. The van der Waals surface area contributed by atoms with Gasteiger partial charge in [-0.15, -0.1) is 0 Å². The standard InChI is InChI=1S/C12H7BrClNO2/c13-11-9(5-6-10(17)12(11)14)15-7-1-3-8(16)4-2-7/h1-6,16H. The Kier molecular flexibility index (Phi) is 3.45. The largest absolute Gasteiger partial charge is 0.508 e. The third-order valence-electron chi connectivity index (χ3n) is 2.13. The van der Waals surface area contributed by atoms with Crippen LogP contribution in [0.2, 0.25) is 0 Å². The van der Waals surface area contributed by atoms with E-state index in [0.29, 0.717) is 15.9 Å². The summed E-state index contributed by atoms with van der Waals surface area (Å²) in [5.41, 5.74) is 1.23. The van der Waals surface area contributed by atoms with Crippen LogP contribution in [0.25, 0.3) is 0 Å². The molecule has 86 valence electrons. The minimum Gasteiger partial charge on any atom is -0.508 e. The topological polar surface area (TPSA) is 49.7 Å². The molecule has 0 bridgehead atoms. The van der Waals surface area contributed by atoms with Crippen LogP contribution in [-0.2, 0) is 4.79 Å². The van der Waals surface area contributed by atoms with Gasteiger partial charge in [0.05, 0.1) is 15.9 Å². The number of hydrogen-bond acceptors (Lipinski definition) is 3. The van der Waals surface area contributed by atoms with Crippen LogP contribution in [0.1, 0.15) is 0 Å². The lowest BCUT2D eigenvalue weighted by Crippen LogP contribution is -2.07. The van der Waals surface area contributed by atoms with Gasteiger partial charge in [-0.1, -0.05) is 11.6 Å². The van der Waals surface area contributed by atoms with E-state index in [4.69, 9.17) is 16.7 Å². The van der Waals surface area contributed by atoms with Gasteiger partial charge in [0.15, 0.2) is 5.78 Å². The fraction of sp³-hybridized carbons (Fsp3) is 0. The van der Waals surface area contributed by atoms with Crippen LogP contribution in [0, 0.1) is 0 Å². The molecule has 3 nitrogen and oxygen atoms in total. The van der Waals surface area contributed by atoms with Crippen molar-refractivity contribution in [3.63, 3.8) is 0 Å². The first kappa shape index (κ1) is 12.1. The summed E-state index contributed by atoms with van der Waals surface area (Å²) in [6.45, 7) is 0. The van der Waals surface area contributed by atoms with Crippen molar-refractivity contribution in [1.82, 2.24) is 0 Å². The average molecular weight is 313 g/mol. The lowest BCUT2D eigenvalue weighted by Gasteiger charge is -2.07. The minimum atomic E-state index is -0.247. The second-order valence-electron chi connectivity index (χ2n) is 3.34. The van der Waals surface area contributed by atoms with E-state index in [1.807, 2.05) is 0 Å². The maximum absolute atomic E-state index is 11.3. The van der Waals surface area contributed by atoms with Gasteiger partial charge >= 0.3 is 0 Å². The van der Waals surface area contributed by atoms with Gasteiger partial charge in [0.2, 0.25) is 0 Å². The predicted molar refractivity (Wildman–Crippen MR) is 71.2 cm³/mol. The Balaban J connectivity index is 2.38. The van der Waals surface area contributed by atoms with E-state index in [9.17, 15) is 4.79 Å². The average Bonchev–Trinajstić information content (AvgIpc) is 2.33. The van der Waals surface area contributed by atoms with Crippen molar-refractivity contribution in [2.75, 3.05) is 0 Å². The Labute approximate surface area is 111 Å². The molecule has 1 aromatic carbocycles. The van der Waals surface area contributed by atoms with Crippen LogP contribution >= 0.6 is 27.5 Å². The number of rotatable bonds is 1. The molecular formula is C12H7BrClNO2. The normalized spacial score (nSPS) is 18.0. The molecular weight excluding hydrogens is 305 g/mol. The summed E-state index contributed by atoms with van der Waals surface area (Å²) in [5.74, 6) is -0.0702. The fourth-order valence-electron chi connectivity index (χ4n) is 1.27. The highest BCUT2D eigenvalue weighted by atomic mass is 79.9. The molecule has 1 aromatic rings. The van der Waals surface area contributed by atoms with Crippen molar-refractivity contribution in [1.29, 1.82) is 0 Å². The number of halogens is 2. The molecule has 1 aliphatic carbocycles. The quantitative estimate of drug-likeness (QED) is 0.807. The monoisotopic (exact) mass is 311 g/mol. The number of carbonyl (C=O) groups is 1. The minimum absolute atomic E-state index is 0.116. The fourth-order valence-corrected chi connectivity index (χ4v) is 1.85. The third-order valence-corrected chi connectivity index (χ3v) is 3.53. The van der Waals surface area contributed by atoms with Gasteiger partial charge in [0.1, 0.15) is 10.8 Å². The van der Waals surface area contributed by atoms with Crippen LogP contribution in [-0.4, -0.2) is 16.6 Å². The summed E-state index contributed by atoms with van der Waals surface area (Å²) in [6, 6.07) is 6.41. The van der Waals surface area contributed by atoms with Crippen LogP contribution < -0.4 is 0 Å². The summed E-state index contributed by atoms with van der Waals surface area (Å²) in [4.78, 5) is 15.6. The van der Waals surface area contributed by atoms with Crippen LogP contribution in [0.5, 0.6) is 5.75 Å². The predicted octanol–water partition coefficient (Wildman–Crippen LogP) is 3.45. The van der Waals surface area contributed by atoms with E-state index in [-0.39, 0.29) is 16.6 Å². The number of benzene rings is 1. The Bertz CT molecular complexity index is 558. The number of allylic oxidation sites excluding steroid dienone is 4. The van der Waals surface area contributed by atoms with Crippen molar-refractivity contribution in [2.45, 2.75) is 0 Å². The SMILES string of the molecule is O=C1C=CC(=Nc2ccc(O)cc2)C(Br)=C1Cl. The zero-order valence-corrected chi connectivity index (χ0v) is 10.9. The lowest BCUT2D eigenvalue weighted by molar-refractivity contribution is -0.110. The van der Waals surface area contributed by atoms with Crippen molar-refractivity contribution >= 4 is 44.7 Å². The van der Waals surface area contributed by atoms with Gasteiger partial charge in [-0.25, -0.2) is 4.99 Å². The highest BCUT2D eigenvalue weighted by Gasteiger charge is 2.17. The Hall–Kier alpha value is -1.39. The molecule has 1 N–H and O–H groups in total. The molecule has 0 spiro atoms. The number of aliphatic imine (C=N–C) groups is 1. The molecule has 0 aromatic heterocycles. The summed E-state index contributed by atoms with van der Waals surface area (Å²) >= 11 is 9.04. The molecule has 0 radical (unpaired) electrons. The van der Waals surface area contributed by atoms with Gasteiger partial charge in [0, 0.05) is 0 Å². The van der Waals surface area contributed by atoms with E-state index in [1.165, 1.54) is 18.2 Å². The third kappa shape index (κ3) is 2.65. The maximum Gasteiger partial charge on any atom is 0.198 e. The van der Waals surface area contributed by atoms with Crippen LogP contribution in [0.3, 0.4) is 0 Å². The zero-order valence-electron chi connectivity index (χ0n) is 8.52. The zero-order chi connectivity index (χ0) is 12.4. The first-order valence-corrected chi connectivity index (χ1v) is 5.91. The number of carbonyl (C=O) groups excluding carboxylic acids is 1. The van der Waals surface area contributed by atoms with Crippen LogP contribution in [0.15, 0.2) is 50.9 Å². The molecule has 0 amide bonds. The van der Waals surface area contributed by atoms with E-state index in [2.05, 4.69) is 20.9 Å². The van der Waals surface area contributed by atoms with Gasteiger partial charge in [-0.2, -0.15) is 0 Å². The number of nitrogens with zero attached hydrogens (tertiary/aromatic N) is 1. The summed E-state index contributed by atoms with van der Waals surface area (Å²) in [6.07, 6.45) is 2.96. The molecule has 1 aliphatic rings. The highest BCUT2D eigenvalue weighted by Crippen LogP contribution is 2.26. The smallest absolute Gasteiger partial charge is 0.198 e.